The molecule has 1 N–H and O–H groups in total. The van der Waals surface area contributed by atoms with E-state index in [4.69, 9.17) is 4.74 Å². The zero-order valence-corrected chi connectivity index (χ0v) is 19.7. The Kier molecular flexibility index (Phi) is 8.15. The number of anilines is 2. The molecule has 6 nitrogen and oxygen atoms in total. The molecule has 37 heavy (non-hydrogen) atoms. The van der Waals surface area contributed by atoms with Gasteiger partial charge in [0, 0.05) is 22.9 Å². The predicted octanol–water partition coefficient (Wildman–Crippen LogP) is 6.21. The molecule has 15 heteroatoms. The van der Waals surface area contributed by atoms with Crippen LogP contribution in [-0.2, 0) is 27.4 Å². The molecule has 0 spiro atoms. The second-order valence-corrected chi connectivity index (χ2v) is 9.07. The Morgan fingerprint density at radius 1 is 1.03 bits per heavy atom. The molecule has 0 saturated carbocycles. The maximum atomic E-state index is 14.5. The number of carbonyl (C=O) groups is 1. The molecule has 0 bridgehead atoms. The Hall–Kier alpha value is -3.62. The Morgan fingerprint density at radius 2 is 1.73 bits per heavy atom. The SMILES string of the molecule is COc1cc(F)ccc1-c1cc(Nc2cc(C/S(C)=N\C(=O)C(F)(F)F)cc(C(F)(F)F)n2)ncc1F. The van der Waals surface area contributed by atoms with Gasteiger partial charge in [0.15, 0.2) is 0 Å². The van der Waals surface area contributed by atoms with E-state index in [2.05, 4.69) is 19.6 Å². The highest BCUT2D eigenvalue weighted by atomic mass is 32.2. The zero-order valence-electron chi connectivity index (χ0n) is 18.8. The minimum absolute atomic E-state index is 0.0114. The van der Waals surface area contributed by atoms with E-state index in [9.17, 15) is 39.9 Å². The molecule has 0 aliphatic carbocycles. The van der Waals surface area contributed by atoms with Gasteiger partial charge in [0.05, 0.1) is 13.3 Å². The van der Waals surface area contributed by atoms with Gasteiger partial charge in [0.1, 0.15) is 34.7 Å². The van der Waals surface area contributed by atoms with Gasteiger partial charge >= 0.3 is 18.3 Å². The number of alkyl halides is 6. The lowest BCUT2D eigenvalue weighted by Crippen LogP contribution is -2.21. The number of ether oxygens (including phenoxy) is 1. The van der Waals surface area contributed by atoms with E-state index in [0.717, 1.165) is 36.7 Å². The molecule has 0 saturated heterocycles. The molecule has 1 aromatic carbocycles. The van der Waals surface area contributed by atoms with Crippen LogP contribution in [0.15, 0.2) is 47.0 Å². The second kappa shape index (κ2) is 10.8. The maximum absolute atomic E-state index is 14.5. The molecule has 0 aliphatic rings. The number of hydrogen-bond acceptors (Lipinski definition) is 5. The van der Waals surface area contributed by atoms with Gasteiger partial charge in [0.25, 0.3) is 0 Å². The van der Waals surface area contributed by atoms with Gasteiger partial charge in [-0.25, -0.2) is 18.7 Å². The number of nitrogens with zero attached hydrogens (tertiary/aromatic N) is 3. The van der Waals surface area contributed by atoms with Crippen molar-refractivity contribution in [1.29, 1.82) is 0 Å². The first-order valence-electron chi connectivity index (χ1n) is 9.97. The largest absolute Gasteiger partial charge is 0.496 e. The fourth-order valence-electron chi connectivity index (χ4n) is 3.08. The lowest BCUT2D eigenvalue weighted by molar-refractivity contribution is -0.169. The van der Waals surface area contributed by atoms with Crippen LogP contribution in [0.3, 0.4) is 0 Å². The van der Waals surface area contributed by atoms with E-state index in [-0.39, 0.29) is 28.3 Å². The van der Waals surface area contributed by atoms with Crippen LogP contribution in [0.1, 0.15) is 11.3 Å². The number of carbonyl (C=O) groups excluding carboxylic acids is 1. The van der Waals surface area contributed by atoms with Crippen molar-refractivity contribution in [2.45, 2.75) is 18.1 Å². The van der Waals surface area contributed by atoms with E-state index < -0.39 is 57.9 Å². The zero-order chi connectivity index (χ0) is 27.5. The van der Waals surface area contributed by atoms with Gasteiger partial charge in [-0.15, -0.1) is 0 Å². The van der Waals surface area contributed by atoms with Crippen molar-refractivity contribution in [3.05, 3.63) is 65.5 Å². The number of benzene rings is 1. The third kappa shape index (κ3) is 7.21. The molecule has 3 rings (SSSR count). The molecular formula is C22H16F8N4O2S. The first-order valence-corrected chi connectivity index (χ1v) is 11.7. The standard InChI is InChI=1S/C22H16F8N4O2S/c1-36-16-7-12(23)3-4-13(16)14-8-18(31-9-15(14)24)33-19-6-11(5-17(32-19)21(25,26)27)10-37(2)34-20(35)22(28,29)30/h3-9H,10H2,1-2H3,(H,31,32,33). The van der Waals surface area contributed by atoms with Gasteiger partial charge in [-0.2, -0.15) is 30.7 Å². The van der Waals surface area contributed by atoms with Gasteiger partial charge in [-0.1, -0.05) is 10.7 Å². The summed E-state index contributed by atoms with van der Waals surface area (Å²) in [5.74, 6) is -4.81. The van der Waals surface area contributed by atoms with Crippen molar-refractivity contribution in [3.63, 3.8) is 0 Å². The molecular weight excluding hydrogens is 536 g/mol. The predicted molar refractivity (Wildman–Crippen MR) is 119 cm³/mol. The number of methoxy groups -OCH3 is 1. The third-order valence-electron chi connectivity index (χ3n) is 4.60. The van der Waals surface area contributed by atoms with Crippen molar-refractivity contribution < 1.29 is 44.7 Å². The van der Waals surface area contributed by atoms with E-state index in [1.54, 1.807) is 0 Å². The average Bonchev–Trinajstić information content (AvgIpc) is 2.79. The van der Waals surface area contributed by atoms with Crippen LogP contribution < -0.4 is 10.1 Å². The van der Waals surface area contributed by atoms with Crippen LogP contribution in [0, 0.1) is 11.6 Å². The van der Waals surface area contributed by atoms with Gasteiger partial charge in [-0.3, -0.25) is 4.79 Å². The smallest absolute Gasteiger partial charge is 0.474 e. The number of amides is 1. The Morgan fingerprint density at radius 3 is 2.35 bits per heavy atom. The number of hydrogen-bond donors (Lipinski definition) is 1. The fourth-order valence-corrected chi connectivity index (χ4v) is 4.18. The number of pyridine rings is 2. The molecule has 1 atom stereocenters. The van der Waals surface area contributed by atoms with Crippen molar-refractivity contribution >= 4 is 28.2 Å². The first-order chi connectivity index (χ1) is 17.2. The number of rotatable bonds is 6. The van der Waals surface area contributed by atoms with Crippen LogP contribution in [0.25, 0.3) is 11.1 Å². The molecule has 3 aromatic rings. The number of aromatic nitrogens is 2. The molecule has 2 heterocycles. The molecule has 198 valence electrons. The van der Waals surface area contributed by atoms with E-state index >= 15 is 0 Å². The molecule has 0 aliphatic heterocycles. The van der Waals surface area contributed by atoms with Crippen LogP contribution in [0.2, 0.25) is 0 Å². The van der Waals surface area contributed by atoms with Crippen molar-refractivity contribution in [1.82, 2.24) is 9.97 Å². The monoisotopic (exact) mass is 552 g/mol. The summed E-state index contributed by atoms with van der Waals surface area (Å²) in [6.45, 7) is 0. The van der Waals surface area contributed by atoms with E-state index in [1.165, 1.54) is 13.2 Å². The summed E-state index contributed by atoms with van der Waals surface area (Å²) >= 11 is 0. The third-order valence-corrected chi connectivity index (χ3v) is 5.83. The quantitative estimate of drug-likeness (QED) is 0.368. The molecule has 0 fully saturated rings. The Balaban J connectivity index is 1.99. The van der Waals surface area contributed by atoms with Crippen molar-refractivity contribution in [2.24, 2.45) is 4.36 Å². The maximum Gasteiger partial charge on any atom is 0.474 e. The molecule has 0 radical (unpaired) electrons. The van der Waals surface area contributed by atoms with Crippen LogP contribution in [-0.4, -0.2) is 35.4 Å². The number of nitrogens with one attached hydrogen (secondary N) is 1. The summed E-state index contributed by atoms with van der Waals surface area (Å²) in [5, 5.41) is 2.50. The van der Waals surface area contributed by atoms with Crippen molar-refractivity contribution in [3.8, 4) is 16.9 Å². The topological polar surface area (TPSA) is 76.5 Å². The highest BCUT2D eigenvalue weighted by Gasteiger charge is 2.39. The van der Waals surface area contributed by atoms with Crippen LogP contribution >= 0.6 is 0 Å². The fraction of sp³-hybridized carbons (Fsp3) is 0.227. The number of halogens is 8. The summed E-state index contributed by atoms with van der Waals surface area (Å²) in [4.78, 5) is 18.3. The lowest BCUT2D eigenvalue weighted by atomic mass is 10.0. The highest BCUT2D eigenvalue weighted by molar-refractivity contribution is 7.86. The Bertz CT molecular complexity index is 1360. The highest BCUT2D eigenvalue weighted by Crippen LogP contribution is 2.34. The normalized spacial score (nSPS) is 12.9. The summed E-state index contributed by atoms with van der Waals surface area (Å²) in [6, 6.07) is 6.17. The van der Waals surface area contributed by atoms with Gasteiger partial charge in [0.2, 0.25) is 0 Å². The second-order valence-electron chi connectivity index (χ2n) is 7.40. The molecule has 1 amide bonds. The average molecular weight is 552 g/mol. The summed E-state index contributed by atoms with van der Waals surface area (Å²) < 4.78 is 114. The van der Waals surface area contributed by atoms with E-state index in [0.29, 0.717) is 6.07 Å². The lowest BCUT2D eigenvalue weighted by Gasteiger charge is -2.14. The van der Waals surface area contributed by atoms with Gasteiger partial charge < -0.3 is 10.1 Å². The first kappa shape index (κ1) is 28.0. The molecule has 2 aromatic heterocycles. The minimum Gasteiger partial charge on any atom is -0.496 e. The Labute approximate surface area is 206 Å². The summed E-state index contributed by atoms with van der Waals surface area (Å²) in [7, 11) is -0.365. The van der Waals surface area contributed by atoms with Crippen LogP contribution in [0.5, 0.6) is 5.75 Å². The summed E-state index contributed by atoms with van der Waals surface area (Å²) in [6.07, 6.45) is -8.18. The van der Waals surface area contributed by atoms with Crippen LogP contribution in [0.4, 0.5) is 46.8 Å². The molecule has 1 unspecified atom stereocenters. The summed E-state index contributed by atoms with van der Waals surface area (Å²) in [5.41, 5.74) is -1.46. The minimum atomic E-state index is -5.21. The van der Waals surface area contributed by atoms with Gasteiger partial charge in [-0.05, 0) is 42.2 Å². The van der Waals surface area contributed by atoms with E-state index in [1.807, 2.05) is 0 Å². The van der Waals surface area contributed by atoms with Crippen molar-refractivity contribution in [2.75, 3.05) is 18.7 Å².